The summed E-state index contributed by atoms with van der Waals surface area (Å²) in [5, 5.41) is 0.723. The Bertz CT molecular complexity index is 376. The number of carbonyl (C=O) groups is 1. The first-order valence-electron chi connectivity index (χ1n) is 6.20. The van der Waals surface area contributed by atoms with E-state index in [4.69, 9.17) is 11.6 Å². The molecular formula is C14H21ClN2O. The standard InChI is InChI=1S/C14H21ClN2O/c1-4-14(18)17(10-9-16(2)3)11-12-5-7-13(15)8-6-12/h5-8H,4,9-11H2,1-3H3. The zero-order valence-corrected chi connectivity index (χ0v) is 12.1. The van der Waals surface area contributed by atoms with Crippen LogP contribution in [0, 0.1) is 0 Å². The third-order valence-electron chi connectivity index (χ3n) is 2.76. The van der Waals surface area contributed by atoms with Crippen molar-refractivity contribution < 1.29 is 4.79 Å². The number of hydrogen-bond acceptors (Lipinski definition) is 2. The van der Waals surface area contributed by atoms with Gasteiger partial charge in [-0.2, -0.15) is 0 Å². The number of hydrogen-bond donors (Lipinski definition) is 0. The van der Waals surface area contributed by atoms with Crippen LogP contribution in [0.2, 0.25) is 5.02 Å². The van der Waals surface area contributed by atoms with Gasteiger partial charge in [-0.15, -0.1) is 0 Å². The van der Waals surface area contributed by atoms with E-state index in [1.165, 1.54) is 0 Å². The summed E-state index contributed by atoms with van der Waals surface area (Å²) in [7, 11) is 4.02. The number of likely N-dealkylation sites (N-methyl/N-ethyl adjacent to an activating group) is 1. The molecule has 0 fully saturated rings. The van der Waals surface area contributed by atoms with Crippen molar-refractivity contribution in [2.45, 2.75) is 19.9 Å². The molecule has 0 aromatic heterocycles. The largest absolute Gasteiger partial charge is 0.337 e. The fourth-order valence-corrected chi connectivity index (χ4v) is 1.77. The Morgan fingerprint density at radius 1 is 1.17 bits per heavy atom. The Balaban J connectivity index is 2.65. The van der Waals surface area contributed by atoms with Crippen LogP contribution in [0.25, 0.3) is 0 Å². The van der Waals surface area contributed by atoms with Gasteiger partial charge in [0.25, 0.3) is 0 Å². The van der Waals surface area contributed by atoms with Crippen LogP contribution < -0.4 is 0 Å². The minimum Gasteiger partial charge on any atom is -0.337 e. The molecule has 3 nitrogen and oxygen atoms in total. The van der Waals surface area contributed by atoms with Gasteiger partial charge in [0, 0.05) is 31.1 Å². The van der Waals surface area contributed by atoms with Crippen LogP contribution in [0.1, 0.15) is 18.9 Å². The molecule has 0 saturated carbocycles. The molecule has 0 aliphatic rings. The number of rotatable bonds is 6. The van der Waals surface area contributed by atoms with E-state index in [0.29, 0.717) is 13.0 Å². The van der Waals surface area contributed by atoms with E-state index in [2.05, 4.69) is 4.90 Å². The molecule has 0 bridgehead atoms. The fraction of sp³-hybridized carbons (Fsp3) is 0.500. The number of benzene rings is 1. The van der Waals surface area contributed by atoms with Crippen molar-refractivity contribution in [1.29, 1.82) is 0 Å². The van der Waals surface area contributed by atoms with Crippen molar-refractivity contribution in [2.75, 3.05) is 27.2 Å². The number of halogens is 1. The van der Waals surface area contributed by atoms with Gasteiger partial charge in [0.2, 0.25) is 5.91 Å². The van der Waals surface area contributed by atoms with Gasteiger partial charge in [0.1, 0.15) is 0 Å². The van der Waals surface area contributed by atoms with Gasteiger partial charge >= 0.3 is 0 Å². The van der Waals surface area contributed by atoms with Crippen LogP contribution in [0.15, 0.2) is 24.3 Å². The second kappa shape index (κ2) is 7.39. The van der Waals surface area contributed by atoms with E-state index in [9.17, 15) is 4.79 Å². The minimum atomic E-state index is 0.187. The van der Waals surface area contributed by atoms with Gasteiger partial charge in [0.15, 0.2) is 0 Å². The number of nitrogens with zero attached hydrogens (tertiary/aromatic N) is 2. The van der Waals surface area contributed by atoms with E-state index < -0.39 is 0 Å². The van der Waals surface area contributed by atoms with Crippen LogP contribution in [-0.4, -0.2) is 42.9 Å². The highest BCUT2D eigenvalue weighted by Gasteiger charge is 2.12. The molecule has 0 atom stereocenters. The molecule has 100 valence electrons. The average molecular weight is 269 g/mol. The van der Waals surface area contributed by atoms with Crippen molar-refractivity contribution in [1.82, 2.24) is 9.80 Å². The molecule has 0 unspecified atom stereocenters. The van der Waals surface area contributed by atoms with Crippen molar-refractivity contribution in [3.63, 3.8) is 0 Å². The Labute approximate surface area is 114 Å². The zero-order chi connectivity index (χ0) is 13.5. The predicted octanol–water partition coefficient (Wildman–Crippen LogP) is 2.64. The van der Waals surface area contributed by atoms with Crippen molar-refractivity contribution in [3.8, 4) is 0 Å². The highest BCUT2D eigenvalue weighted by Crippen LogP contribution is 2.12. The van der Waals surface area contributed by atoms with Crippen molar-refractivity contribution in [3.05, 3.63) is 34.9 Å². The average Bonchev–Trinajstić information content (AvgIpc) is 2.35. The Kier molecular flexibility index (Phi) is 6.16. The first-order valence-corrected chi connectivity index (χ1v) is 6.57. The lowest BCUT2D eigenvalue weighted by molar-refractivity contribution is -0.131. The molecule has 0 heterocycles. The third-order valence-corrected chi connectivity index (χ3v) is 3.01. The van der Waals surface area contributed by atoms with E-state index >= 15 is 0 Å². The van der Waals surface area contributed by atoms with E-state index in [0.717, 1.165) is 23.7 Å². The summed E-state index contributed by atoms with van der Waals surface area (Å²) < 4.78 is 0. The molecule has 0 aliphatic carbocycles. The van der Waals surface area contributed by atoms with E-state index in [-0.39, 0.29) is 5.91 Å². The number of carbonyl (C=O) groups excluding carboxylic acids is 1. The molecule has 0 N–H and O–H groups in total. The maximum atomic E-state index is 11.9. The van der Waals surface area contributed by atoms with Gasteiger partial charge in [-0.3, -0.25) is 4.79 Å². The Morgan fingerprint density at radius 3 is 2.28 bits per heavy atom. The van der Waals surface area contributed by atoms with Crippen LogP contribution in [0.5, 0.6) is 0 Å². The summed E-state index contributed by atoms with van der Waals surface area (Å²) in [6.07, 6.45) is 0.543. The monoisotopic (exact) mass is 268 g/mol. The highest BCUT2D eigenvalue weighted by molar-refractivity contribution is 6.30. The first kappa shape index (κ1) is 15.0. The smallest absolute Gasteiger partial charge is 0.222 e. The second-order valence-corrected chi connectivity index (χ2v) is 5.04. The topological polar surface area (TPSA) is 23.6 Å². The molecule has 1 aromatic rings. The predicted molar refractivity (Wildman–Crippen MR) is 75.7 cm³/mol. The van der Waals surface area contributed by atoms with Gasteiger partial charge in [-0.25, -0.2) is 0 Å². The molecule has 1 amide bonds. The number of amides is 1. The lowest BCUT2D eigenvalue weighted by Gasteiger charge is -2.24. The maximum absolute atomic E-state index is 11.9. The molecule has 0 saturated heterocycles. The van der Waals surface area contributed by atoms with Crippen LogP contribution >= 0.6 is 11.6 Å². The lowest BCUT2D eigenvalue weighted by Crippen LogP contribution is -2.35. The quantitative estimate of drug-likeness (QED) is 0.792. The molecule has 0 spiro atoms. The van der Waals surface area contributed by atoms with Crippen LogP contribution in [-0.2, 0) is 11.3 Å². The van der Waals surface area contributed by atoms with Gasteiger partial charge in [-0.1, -0.05) is 30.7 Å². The normalized spacial score (nSPS) is 10.7. The lowest BCUT2D eigenvalue weighted by atomic mass is 10.2. The molecule has 1 rings (SSSR count). The van der Waals surface area contributed by atoms with Crippen LogP contribution in [0.4, 0.5) is 0 Å². The summed E-state index contributed by atoms with van der Waals surface area (Å²) in [5.74, 6) is 0.187. The summed E-state index contributed by atoms with van der Waals surface area (Å²) in [4.78, 5) is 15.9. The minimum absolute atomic E-state index is 0.187. The zero-order valence-electron chi connectivity index (χ0n) is 11.3. The summed E-state index contributed by atoms with van der Waals surface area (Å²) in [6.45, 7) is 4.17. The molecule has 0 radical (unpaired) electrons. The second-order valence-electron chi connectivity index (χ2n) is 4.60. The summed E-state index contributed by atoms with van der Waals surface area (Å²) in [6, 6.07) is 7.65. The molecular weight excluding hydrogens is 248 g/mol. The third kappa shape index (κ3) is 5.07. The van der Waals surface area contributed by atoms with Gasteiger partial charge in [-0.05, 0) is 31.8 Å². The summed E-state index contributed by atoms with van der Waals surface area (Å²) in [5.41, 5.74) is 1.11. The Hall–Kier alpha value is -1.06. The maximum Gasteiger partial charge on any atom is 0.222 e. The first-order chi connectivity index (χ1) is 8.52. The van der Waals surface area contributed by atoms with E-state index in [1.807, 2.05) is 50.2 Å². The SMILES string of the molecule is CCC(=O)N(CCN(C)C)Cc1ccc(Cl)cc1. The fourth-order valence-electron chi connectivity index (χ4n) is 1.65. The molecule has 4 heteroatoms. The molecule has 1 aromatic carbocycles. The molecule has 18 heavy (non-hydrogen) atoms. The van der Waals surface area contributed by atoms with Crippen molar-refractivity contribution in [2.24, 2.45) is 0 Å². The van der Waals surface area contributed by atoms with E-state index in [1.54, 1.807) is 0 Å². The molecule has 0 aliphatic heterocycles. The van der Waals surface area contributed by atoms with Gasteiger partial charge < -0.3 is 9.80 Å². The Morgan fingerprint density at radius 2 is 1.78 bits per heavy atom. The highest BCUT2D eigenvalue weighted by atomic mass is 35.5. The van der Waals surface area contributed by atoms with Crippen molar-refractivity contribution >= 4 is 17.5 Å². The van der Waals surface area contributed by atoms with Crippen LogP contribution in [0.3, 0.4) is 0 Å². The van der Waals surface area contributed by atoms with Gasteiger partial charge in [0.05, 0.1) is 0 Å². The summed E-state index contributed by atoms with van der Waals surface area (Å²) >= 11 is 5.85.